The van der Waals surface area contributed by atoms with Crippen LogP contribution >= 0.6 is 11.6 Å². The minimum absolute atomic E-state index is 0.0154. The maximum atomic E-state index is 14.6. The Morgan fingerprint density at radius 2 is 1.70 bits per heavy atom. The minimum Gasteiger partial charge on any atom is -0.343 e. The molecule has 0 saturated heterocycles. The molecular formula is C22H23ClF4N2O. The molecule has 0 radical (unpaired) electrons. The van der Waals surface area contributed by atoms with Crippen LogP contribution in [0.4, 0.5) is 17.6 Å². The lowest BCUT2D eigenvalue weighted by Gasteiger charge is -2.41. The third-order valence-electron chi connectivity index (χ3n) is 5.74. The number of amides is 1. The van der Waals surface area contributed by atoms with Gasteiger partial charge in [0, 0.05) is 16.6 Å². The first-order chi connectivity index (χ1) is 14.1. The number of hydrogen-bond acceptors (Lipinski definition) is 2. The van der Waals surface area contributed by atoms with Crippen molar-refractivity contribution in [3.05, 3.63) is 58.9 Å². The number of nitrogens with one attached hydrogen (secondary N) is 2. The van der Waals surface area contributed by atoms with Gasteiger partial charge in [0.1, 0.15) is 5.82 Å². The van der Waals surface area contributed by atoms with Crippen LogP contribution in [0.3, 0.4) is 0 Å². The fourth-order valence-electron chi connectivity index (χ4n) is 4.01. The summed E-state index contributed by atoms with van der Waals surface area (Å²) in [6.45, 7) is 0. The molecule has 0 bridgehead atoms. The van der Waals surface area contributed by atoms with Crippen LogP contribution in [0.2, 0.25) is 5.02 Å². The van der Waals surface area contributed by atoms with Crippen molar-refractivity contribution in [2.24, 2.45) is 0 Å². The van der Waals surface area contributed by atoms with Crippen LogP contribution in [0.5, 0.6) is 0 Å². The number of rotatable bonds is 5. The molecule has 8 heteroatoms. The fraction of sp³-hybridized carbons (Fsp3) is 0.409. The SMILES string of the molecule is CNC1CCC(Cc2cc(-c3ccc(Cl)cc3)ccc2F)(NC(=O)C(F)(F)F)CC1. The van der Waals surface area contributed by atoms with Gasteiger partial charge in [-0.15, -0.1) is 0 Å². The maximum absolute atomic E-state index is 14.6. The Balaban J connectivity index is 1.91. The van der Waals surface area contributed by atoms with E-state index in [1.165, 1.54) is 6.07 Å². The molecule has 1 fully saturated rings. The molecule has 30 heavy (non-hydrogen) atoms. The zero-order valence-corrected chi connectivity index (χ0v) is 17.2. The molecule has 1 aliphatic carbocycles. The van der Waals surface area contributed by atoms with E-state index in [0.29, 0.717) is 30.7 Å². The Hall–Kier alpha value is -2.12. The summed E-state index contributed by atoms with van der Waals surface area (Å²) in [5, 5.41) is 5.87. The van der Waals surface area contributed by atoms with Crippen molar-refractivity contribution in [3.63, 3.8) is 0 Å². The number of hydrogen-bond donors (Lipinski definition) is 2. The molecule has 0 aliphatic heterocycles. The molecule has 2 aromatic rings. The van der Waals surface area contributed by atoms with Crippen molar-refractivity contribution >= 4 is 17.5 Å². The van der Waals surface area contributed by atoms with Crippen LogP contribution in [0.1, 0.15) is 31.2 Å². The lowest BCUT2D eigenvalue weighted by atomic mass is 9.75. The molecule has 0 spiro atoms. The monoisotopic (exact) mass is 442 g/mol. The summed E-state index contributed by atoms with van der Waals surface area (Å²) < 4.78 is 53.5. The van der Waals surface area contributed by atoms with Gasteiger partial charge in [0.2, 0.25) is 0 Å². The molecule has 3 rings (SSSR count). The van der Waals surface area contributed by atoms with E-state index in [2.05, 4.69) is 10.6 Å². The molecule has 162 valence electrons. The second-order valence-corrected chi connectivity index (χ2v) is 8.22. The van der Waals surface area contributed by atoms with E-state index in [1.54, 1.807) is 43.4 Å². The standard InChI is InChI=1S/C22H23ClF4N2O/c1-28-18-8-10-21(11-9-18,29-20(30)22(25,26)27)13-16-12-15(4-7-19(16)24)14-2-5-17(23)6-3-14/h2-7,12,18,28H,8-11,13H2,1H3,(H,29,30). The van der Waals surface area contributed by atoms with Crippen molar-refractivity contribution in [2.75, 3.05) is 7.05 Å². The van der Waals surface area contributed by atoms with Crippen molar-refractivity contribution in [2.45, 2.75) is 49.9 Å². The summed E-state index contributed by atoms with van der Waals surface area (Å²) in [5.74, 6) is -2.50. The normalized spacial score (nSPS) is 22.0. The Bertz CT molecular complexity index is 891. The predicted molar refractivity (Wildman–Crippen MR) is 109 cm³/mol. The number of carbonyl (C=O) groups excluding carboxylic acids is 1. The number of halogens is 5. The highest BCUT2D eigenvalue weighted by Gasteiger charge is 2.45. The Morgan fingerprint density at radius 3 is 2.27 bits per heavy atom. The van der Waals surface area contributed by atoms with E-state index in [4.69, 9.17) is 11.6 Å². The van der Waals surface area contributed by atoms with Gasteiger partial charge in [-0.25, -0.2) is 4.39 Å². The van der Waals surface area contributed by atoms with E-state index in [-0.39, 0.29) is 18.0 Å². The molecule has 0 heterocycles. The van der Waals surface area contributed by atoms with Gasteiger partial charge in [0.25, 0.3) is 0 Å². The summed E-state index contributed by atoms with van der Waals surface area (Å²) in [7, 11) is 1.79. The van der Waals surface area contributed by atoms with Gasteiger partial charge in [-0.05, 0) is 80.1 Å². The Kier molecular flexibility index (Phi) is 6.72. The summed E-state index contributed by atoms with van der Waals surface area (Å²) in [6.07, 6.45) is -3.18. The topological polar surface area (TPSA) is 41.1 Å². The zero-order chi connectivity index (χ0) is 21.9. The summed E-state index contributed by atoms with van der Waals surface area (Å²) in [5.41, 5.74) is 0.657. The molecule has 1 aliphatic rings. The number of alkyl halides is 3. The van der Waals surface area contributed by atoms with E-state index in [1.807, 2.05) is 0 Å². The molecule has 1 amide bonds. The molecule has 0 aromatic heterocycles. The van der Waals surface area contributed by atoms with E-state index in [0.717, 1.165) is 11.1 Å². The second-order valence-electron chi connectivity index (χ2n) is 7.79. The van der Waals surface area contributed by atoms with Crippen LogP contribution in [0.15, 0.2) is 42.5 Å². The third-order valence-corrected chi connectivity index (χ3v) is 5.99. The predicted octanol–water partition coefficient (Wildman–Crippen LogP) is 5.27. The van der Waals surface area contributed by atoms with Crippen LogP contribution < -0.4 is 10.6 Å². The largest absolute Gasteiger partial charge is 0.471 e. The maximum Gasteiger partial charge on any atom is 0.471 e. The first-order valence-electron chi connectivity index (χ1n) is 9.73. The minimum atomic E-state index is -4.99. The van der Waals surface area contributed by atoms with Crippen molar-refractivity contribution in [1.29, 1.82) is 0 Å². The molecule has 0 unspecified atom stereocenters. The smallest absolute Gasteiger partial charge is 0.343 e. The van der Waals surface area contributed by atoms with E-state index in [9.17, 15) is 22.4 Å². The lowest BCUT2D eigenvalue weighted by molar-refractivity contribution is -0.176. The second kappa shape index (κ2) is 8.94. The summed E-state index contributed by atoms with van der Waals surface area (Å²) >= 11 is 5.91. The molecule has 1 saturated carbocycles. The highest BCUT2D eigenvalue weighted by molar-refractivity contribution is 6.30. The molecule has 0 atom stereocenters. The average Bonchev–Trinajstić information content (AvgIpc) is 2.70. The van der Waals surface area contributed by atoms with Crippen molar-refractivity contribution in [1.82, 2.24) is 10.6 Å². The average molecular weight is 443 g/mol. The highest BCUT2D eigenvalue weighted by atomic mass is 35.5. The number of carbonyl (C=O) groups is 1. The summed E-state index contributed by atoms with van der Waals surface area (Å²) in [4.78, 5) is 11.7. The van der Waals surface area contributed by atoms with Gasteiger partial charge in [-0.3, -0.25) is 4.79 Å². The van der Waals surface area contributed by atoms with Crippen molar-refractivity contribution in [3.8, 4) is 11.1 Å². The Morgan fingerprint density at radius 1 is 1.10 bits per heavy atom. The van der Waals surface area contributed by atoms with Crippen LogP contribution in [-0.4, -0.2) is 30.7 Å². The molecular weight excluding hydrogens is 420 g/mol. The Labute approximate surface area is 177 Å². The molecule has 3 nitrogen and oxygen atoms in total. The highest BCUT2D eigenvalue weighted by Crippen LogP contribution is 2.35. The lowest BCUT2D eigenvalue weighted by Crippen LogP contribution is -2.57. The zero-order valence-electron chi connectivity index (χ0n) is 16.5. The van der Waals surface area contributed by atoms with Crippen LogP contribution in [0.25, 0.3) is 11.1 Å². The number of benzene rings is 2. The molecule has 2 aromatic carbocycles. The van der Waals surface area contributed by atoms with E-state index < -0.39 is 23.4 Å². The van der Waals surface area contributed by atoms with Gasteiger partial charge in [-0.1, -0.05) is 29.8 Å². The van der Waals surface area contributed by atoms with Gasteiger partial charge < -0.3 is 10.6 Å². The van der Waals surface area contributed by atoms with Gasteiger partial charge >= 0.3 is 12.1 Å². The first-order valence-corrected chi connectivity index (χ1v) is 10.1. The van der Waals surface area contributed by atoms with Crippen LogP contribution in [0, 0.1) is 5.82 Å². The third kappa shape index (κ3) is 5.32. The van der Waals surface area contributed by atoms with E-state index >= 15 is 0 Å². The first kappa shape index (κ1) is 22.6. The van der Waals surface area contributed by atoms with Gasteiger partial charge in [0.15, 0.2) is 0 Å². The van der Waals surface area contributed by atoms with Gasteiger partial charge in [0.05, 0.1) is 0 Å². The summed E-state index contributed by atoms with van der Waals surface area (Å²) in [6, 6.07) is 11.7. The van der Waals surface area contributed by atoms with Crippen molar-refractivity contribution < 1.29 is 22.4 Å². The quantitative estimate of drug-likeness (QED) is 0.619. The van der Waals surface area contributed by atoms with Crippen LogP contribution in [-0.2, 0) is 11.2 Å². The molecule has 2 N–H and O–H groups in total. The fourth-order valence-corrected chi connectivity index (χ4v) is 4.14. The van der Waals surface area contributed by atoms with Gasteiger partial charge in [-0.2, -0.15) is 13.2 Å².